The lowest BCUT2D eigenvalue weighted by Gasteiger charge is -2.33. The van der Waals surface area contributed by atoms with Crippen molar-refractivity contribution in [2.45, 2.75) is 32.1 Å². The van der Waals surface area contributed by atoms with Crippen LogP contribution >= 0.6 is 11.8 Å². The highest BCUT2D eigenvalue weighted by Crippen LogP contribution is 2.28. The monoisotopic (exact) mass is 265 g/mol. The summed E-state index contributed by atoms with van der Waals surface area (Å²) in [6, 6.07) is 4.60. The highest BCUT2D eigenvalue weighted by Gasteiger charge is 2.21. The molecular formula is C14H23N3S. The lowest BCUT2D eigenvalue weighted by molar-refractivity contribution is 0.592. The lowest BCUT2D eigenvalue weighted by Crippen LogP contribution is -2.38. The van der Waals surface area contributed by atoms with E-state index in [9.17, 15) is 0 Å². The number of hydrogen-bond donors (Lipinski definition) is 1. The molecule has 3 nitrogen and oxygen atoms in total. The second kappa shape index (κ2) is 6.43. The molecule has 0 aromatic carbocycles. The molecule has 0 spiro atoms. The number of anilines is 1. The fourth-order valence-electron chi connectivity index (χ4n) is 2.44. The van der Waals surface area contributed by atoms with Gasteiger partial charge in [-0.1, -0.05) is 19.9 Å². The summed E-state index contributed by atoms with van der Waals surface area (Å²) in [6.07, 6.45) is 1.91. The summed E-state index contributed by atoms with van der Waals surface area (Å²) in [6.45, 7) is 9.86. The van der Waals surface area contributed by atoms with Gasteiger partial charge in [-0.25, -0.2) is 4.98 Å². The Morgan fingerprint density at radius 3 is 3.17 bits per heavy atom. The third-order valence-electron chi connectivity index (χ3n) is 3.33. The van der Waals surface area contributed by atoms with Crippen LogP contribution in [-0.4, -0.2) is 35.6 Å². The van der Waals surface area contributed by atoms with E-state index in [-0.39, 0.29) is 0 Å². The summed E-state index contributed by atoms with van der Waals surface area (Å²) in [5.74, 6) is 2.37. The Balaban J connectivity index is 2.21. The van der Waals surface area contributed by atoms with Crippen LogP contribution in [0.5, 0.6) is 0 Å². The van der Waals surface area contributed by atoms with Gasteiger partial charge in [0.1, 0.15) is 5.82 Å². The Bertz CT molecular complexity index is 383. The molecular weight excluding hydrogens is 242 g/mol. The highest BCUT2D eigenvalue weighted by molar-refractivity contribution is 8.00. The average Bonchev–Trinajstić information content (AvgIpc) is 2.39. The minimum Gasteiger partial charge on any atom is -0.354 e. The van der Waals surface area contributed by atoms with Crippen LogP contribution in [0, 0.1) is 0 Å². The van der Waals surface area contributed by atoms with Crippen molar-refractivity contribution in [1.29, 1.82) is 0 Å². The van der Waals surface area contributed by atoms with E-state index in [0.717, 1.165) is 25.5 Å². The third-order valence-corrected chi connectivity index (χ3v) is 4.47. The van der Waals surface area contributed by atoms with Gasteiger partial charge in [0.25, 0.3) is 0 Å². The van der Waals surface area contributed by atoms with Crippen LogP contribution in [0.3, 0.4) is 0 Å². The molecule has 2 atom stereocenters. The summed E-state index contributed by atoms with van der Waals surface area (Å²) in [5, 5.41) is 4.18. The van der Waals surface area contributed by atoms with Gasteiger partial charge in [-0.2, -0.15) is 11.8 Å². The summed E-state index contributed by atoms with van der Waals surface area (Å²) in [7, 11) is 0. The first-order valence-electron chi connectivity index (χ1n) is 6.77. The summed E-state index contributed by atoms with van der Waals surface area (Å²) < 4.78 is 0. The van der Waals surface area contributed by atoms with Crippen LogP contribution in [-0.2, 0) is 0 Å². The van der Waals surface area contributed by atoms with Gasteiger partial charge in [-0.15, -0.1) is 0 Å². The fourth-order valence-corrected chi connectivity index (χ4v) is 3.45. The normalized spacial score (nSPS) is 21.9. The van der Waals surface area contributed by atoms with Gasteiger partial charge >= 0.3 is 0 Å². The van der Waals surface area contributed by atoms with Crippen LogP contribution in [0.2, 0.25) is 0 Å². The van der Waals surface area contributed by atoms with Gasteiger partial charge in [0, 0.05) is 41.9 Å². The van der Waals surface area contributed by atoms with Crippen molar-refractivity contribution >= 4 is 17.6 Å². The van der Waals surface area contributed by atoms with Crippen LogP contribution in [0.4, 0.5) is 5.82 Å². The third kappa shape index (κ3) is 3.18. The van der Waals surface area contributed by atoms with Crippen LogP contribution in [0.1, 0.15) is 32.4 Å². The summed E-state index contributed by atoms with van der Waals surface area (Å²) in [5.41, 5.74) is 1.32. The standard InChI is InChI=1S/C14H23N3S/c1-4-15-12(3)13-6-5-7-16-14(13)17-8-9-18-11(2)10-17/h5-7,11-12,15H,4,8-10H2,1-3H3. The number of rotatable bonds is 4. The topological polar surface area (TPSA) is 28.2 Å². The molecule has 0 aliphatic carbocycles. The average molecular weight is 265 g/mol. The Kier molecular flexibility index (Phi) is 4.89. The lowest BCUT2D eigenvalue weighted by atomic mass is 10.1. The molecule has 0 bridgehead atoms. The van der Waals surface area contributed by atoms with Gasteiger partial charge in [0.2, 0.25) is 0 Å². The van der Waals surface area contributed by atoms with Crippen molar-refractivity contribution in [2.75, 3.05) is 30.3 Å². The van der Waals surface area contributed by atoms with Crippen molar-refractivity contribution < 1.29 is 0 Å². The van der Waals surface area contributed by atoms with Crippen molar-refractivity contribution in [3.8, 4) is 0 Å². The molecule has 1 saturated heterocycles. The van der Waals surface area contributed by atoms with Crippen LogP contribution in [0.15, 0.2) is 18.3 Å². The van der Waals surface area contributed by atoms with Gasteiger partial charge in [-0.05, 0) is 19.5 Å². The zero-order valence-electron chi connectivity index (χ0n) is 11.5. The number of nitrogens with one attached hydrogen (secondary N) is 1. The Hall–Kier alpha value is -0.740. The van der Waals surface area contributed by atoms with Gasteiger partial charge in [-0.3, -0.25) is 0 Å². The molecule has 1 aliphatic rings. The molecule has 1 aromatic rings. The number of nitrogens with zero attached hydrogens (tertiary/aromatic N) is 2. The van der Waals surface area contributed by atoms with E-state index in [0.29, 0.717) is 11.3 Å². The molecule has 18 heavy (non-hydrogen) atoms. The van der Waals surface area contributed by atoms with Gasteiger partial charge in [0.05, 0.1) is 0 Å². The minimum absolute atomic E-state index is 0.364. The van der Waals surface area contributed by atoms with Crippen molar-refractivity contribution in [2.24, 2.45) is 0 Å². The number of pyridine rings is 1. The summed E-state index contributed by atoms with van der Waals surface area (Å²) in [4.78, 5) is 7.05. The molecule has 2 unspecified atom stereocenters. The van der Waals surface area contributed by atoms with Crippen molar-refractivity contribution in [3.63, 3.8) is 0 Å². The van der Waals surface area contributed by atoms with E-state index < -0.39 is 0 Å². The largest absolute Gasteiger partial charge is 0.354 e. The second-order valence-electron chi connectivity index (χ2n) is 4.82. The molecule has 1 aliphatic heterocycles. The number of hydrogen-bond acceptors (Lipinski definition) is 4. The first-order valence-corrected chi connectivity index (χ1v) is 7.82. The molecule has 0 saturated carbocycles. The zero-order valence-corrected chi connectivity index (χ0v) is 12.3. The molecule has 100 valence electrons. The number of aromatic nitrogens is 1. The Morgan fingerprint density at radius 2 is 2.44 bits per heavy atom. The van der Waals surface area contributed by atoms with Gasteiger partial charge in [0.15, 0.2) is 0 Å². The summed E-state index contributed by atoms with van der Waals surface area (Å²) >= 11 is 2.06. The first-order chi connectivity index (χ1) is 8.72. The van der Waals surface area contributed by atoms with E-state index in [1.807, 2.05) is 12.3 Å². The van der Waals surface area contributed by atoms with Crippen LogP contribution in [0.25, 0.3) is 0 Å². The fraction of sp³-hybridized carbons (Fsp3) is 0.643. The molecule has 0 radical (unpaired) electrons. The number of thioether (sulfide) groups is 1. The Labute approximate surface area is 114 Å². The molecule has 1 fully saturated rings. The predicted molar refractivity (Wildman–Crippen MR) is 80.5 cm³/mol. The maximum Gasteiger partial charge on any atom is 0.133 e. The van der Waals surface area contributed by atoms with E-state index in [1.165, 1.54) is 11.3 Å². The highest BCUT2D eigenvalue weighted by atomic mass is 32.2. The van der Waals surface area contributed by atoms with E-state index in [1.54, 1.807) is 0 Å². The van der Waals surface area contributed by atoms with E-state index in [2.05, 4.69) is 53.8 Å². The van der Waals surface area contributed by atoms with Crippen molar-refractivity contribution in [3.05, 3.63) is 23.9 Å². The smallest absolute Gasteiger partial charge is 0.133 e. The minimum atomic E-state index is 0.364. The first kappa shape index (κ1) is 13.7. The predicted octanol–water partition coefficient (Wildman–Crippen LogP) is 2.69. The molecule has 2 rings (SSSR count). The van der Waals surface area contributed by atoms with Crippen LogP contribution < -0.4 is 10.2 Å². The van der Waals surface area contributed by atoms with Gasteiger partial charge < -0.3 is 10.2 Å². The van der Waals surface area contributed by atoms with E-state index in [4.69, 9.17) is 0 Å². The maximum absolute atomic E-state index is 4.62. The quantitative estimate of drug-likeness (QED) is 0.906. The molecule has 0 amide bonds. The second-order valence-corrected chi connectivity index (χ2v) is 6.37. The Morgan fingerprint density at radius 1 is 1.61 bits per heavy atom. The molecule has 1 N–H and O–H groups in total. The maximum atomic E-state index is 4.62. The SMILES string of the molecule is CCNC(C)c1cccnc1N1CCSC(C)C1. The molecule has 2 heterocycles. The molecule has 1 aromatic heterocycles. The van der Waals surface area contributed by atoms with E-state index >= 15 is 0 Å². The zero-order chi connectivity index (χ0) is 13.0. The van der Waals surface area contributed by atoms with Crippen molar-refractivity contribution in [1.82, 2.24) is 10.3 Å². The molecule has 4 heteroatoms.